The zero-order valence-electron chi connectivity index (χ0n) is 14.5. The van der Waals surface area contributed by atoms with Gasteiger partial charge in [0.05, 0.1) is 0 Å². The van der Waals surface area contributed by atoms with Gasteiger partial charge in [-0.15, -0.1) is 6.58 Å². The van der Waals surface area contributed by atoms with Crippen LogP contribution in [0, 0.1) is 10.8 Å². The summed E-state index contributed by atoms with van der Waals surface area (Å²) in [4.78, 5) is 0. The van der Waals surface area contributed by atoms with Gasteiger partial charge in [0, 0.05) is 5.54 Å². The summed E-state index contributed by atoms with van der Waals surface area (Å²) in [6.07, 6.45) is 11.1. The smallest absolute Gasteiger partial charge is 0.0181 e. The Bertz CT molecular complexity index is 392. The number of rotatable bonds is 8. The quantitative estimate of drug-likeness (QED) is 0.469. The van der Waals surface area contributed by atoms with Crippen molar-refractivity contribution in [1.82, 2.24) is 5.32 Å². The number of hydrogen-bond acceptors (Lipinski definition) is 1. The lowest BCUT2D eigenvalue weighted by Gasteiger charge is -2.53. The molecule has 0 rings (SSSR count). The van der Waals surface area contributed by atoms with E-state index in [4.69, 9.17) is 0 Å². The van der Waals surface area contributed by atoms with Gasteiger partial charge in [-0.25, -0.2) is 0 Å². The van der Waals surface area contributed by atoms with Crippen molar-refractivity contribution in [3.8, 4) is 0 Å². The van der Waals surface area contributed by atoms with Crippen LogP contribution in [-0.4, -0.2) is 12.6 Å². The summed E-state index contributed by atoms with van der Waals surface area (Å²) in [5.74, 6) is 0. The van der Waals surface area contributed by atoms with Gasteiger partial charge >= 0.3 is 0 Å². The predicted molar refractivity (Wildman–Crippen MR) is 92.9 cm³/mol. The molecule has 0 aromatic heterocycles. The van der Waals surface area contributed by atoms with Gasteiger partial charge in [0.15, 0.2) is 0 Å². The van der Waals surface area contributed by atoms with Crippen LogP contribution in [0.5, 0.6) is 0 Å². The van der Waals surface area contributed by atoms with E-state index in [1.807, 2.05) is 25.3 Å². The number of hydrogen-bond donors (Lipinski definition) is 1. The third-order valence-corrected chi connectivity index (χ3v) is 5.39. The molecule has 0 aliphatic heterocycles. The summed E-state index contributed by atoms with van der Waals surface area (Å²) in [5.41, 5.74) is 1.42. The van der Waals surface area contributed by atoms with E-state index >= 15 is 0 Å². The molecule has 0 atom stereocenters. The maximum absolute atomic E-state index is 3.82. The van der Waals surface area contributed by atoms with E-state index in [0.29, 0.717) is 0 Å². The monoisotopic (exact) mass is 275 g/mol. The summed E-state index contributed by atoms with van der Waals surface area (Å²) in [6, 6.07) is 0. The minimum Gasteiger partial charge on any atom is -0.314 e. The fourth-order valence-electron chi connectivity index (χ4n) is 2.37. The van der Waals surface area contributed by atoms with Crippen molar-refractivity contribution in [2.24, 2.45) is 10.8 Å². The van der Waals surface area contributed by atoms with Gasteiger partial charge in [-0.1, -0.05) is 64.7 Å². The number of nitrogens with one attached hydrogen (secondary N) is 1. The van der Waals surface area contributed by atoms with Crippen LogP contribution in [0.2, 0.25) is 0 Å². The van der Waals surface area contributed by atoms with Crippen LogP contribution in [0.1, 0.15) is 48.0 Å². The standard InChI is InChI=1S/C19H33N/c1-10-12-14-16(15-13-11-2)17(3,4)18(5,6)19(7,8)20-9/h10-12,14-15,20H,1-2,13H2,3-9H3/b14-12-,16-15+. The molecule has 0 spiro atoms. The normalized spacial score (nSPS) is 14.7. The van der Waals surface area contributed by atoms with Gasteiger partial charge in [0.25, 0.3) is 0 Å². The van der Waals surface area contributed by atoms with Crippen molar-refractivity contribution in [3.05, 3.63) is 49.1 Å². The fraction of sp³-hybridized carbons (Fsp3) is 0.579. The highest BCUT2D eigenvalue weighted by atomic mass is 15.0. The third kappa shape index (κ3) is 3.73. The summed E-state index contributed by atoms with van der Waals surface area (Å²) in [5, 5.41) is 3.46. The van der Waals surface area contributed by atoms with Crippen LogP contribution < -0.4 is 5.32 Å². The molecule has 0 unspecified atom stereocenters. The third-order valence-electron chi connectivity index (χ3n) is 5.39. The molecular formula is C19H33N. The SMILES string of the molecule is C=C/C=C\C(=C/CC=C)C(C)(C)C(C)(C)C(C)(C)NC. The molecule has 0 aliphatic carbocycles. The summed E-state index contributed by atoms with van der Waals surface area (Å²) in [7, 11) is 2.03. The lowest BCUT2D eigenvalue weighted by atomic mass is 9.55. The molecule has 0 saturated heterocycles. The Balaban J connectivity index is 5.79. The van der Waals surface area contributed by atoms with E-state index in [1.54, 1.807) is 0 Å². The minimum absolute atomic E-state index is 0.0159. The second-order valence-corrected chi connectivity index (χ2v) is 6.90. The molecule has 0 aromatic rings. The zero-order valence-corrected chi connectivity index (χ0v) is 14.5. The predicted octanol–water partition coefficient (Wildman–Crippen LogP) is 5.28. The molecule has 0 radical (unpaired) electrons. The van der Waals surface area contributed by atoms with Crippen molar-refractivity contribution in [3.63, 3.8) is 0 Å². The molecule has 0 saturated carbocycles. The first kappa shape index (κ1) is 18.9. The van der Waals surface area contributed by atoms with E-state index in [9.17, 15) is 0 Å². The van der Waals surface area contributed by atoms with Crippen LogP contribution in [-0.2, 0) is 0 Å². The van der Waals surface area contributed by atoms with Gasteiger partial charge < -0.3 is 5.32 Å². The summed E-state index contributed by atoms with van der Waals surface area (Å²) >= 11 is 0. The lowest BCUT2D eigenvalue weighted by molar-refractivity contribution is 0.0470. The van der Waals surface area contributed by atoms with Gasteiger partial charge in [-0.2, -0.15) is 0 Å². The number of allylic oxidation sites excluding steroid dienone is 6. The first-order valence-corrected chi connectivity index (χ1v) is 7.38. The fourth-order valence-corrected chi connectivity index (χ4v) is 2.37. The average molecular weight is 275 g/mol. The molecule has 20 heavy (non-hydrogen) atoms. The molecule has 1 heteroatoms. The van der Waals surface area contributed by atoms with Crippen molar-refractivity contribution in [2.45, 2.75) is 53.5 Å². The van der Waals surface area contributed by atoms with Gasteiger partial charge in [0.2, 0.25) is 0 Å². The Morgan fingerprint density at radius 3 is 2.00 bits per heavy atom. The van der Waals surface area contributed by atoms with E-state index in [1.165, 1.54) is 5.57 Å². The van der Waals surface area contributed by atoms with E-state index < -0.39 is 0 Å². The second kappa shape index (κ2) is 7.08. The van der Waals surface area contributed by atoms with E-state index in [-0.39, 0.29) is 16.4 Å². The van der Waals surface area contributed by atoms with E-state index in [2.05, 4.69) is 72.2 Å². The Morgan fingerprint density at radius 1 is 1.05 bits per heavy atom. The molecule has 1 N–H and O–H groups in total. The Kier molecular flexibility index (Phi) is 6.70. The first-order valence-electron chi connectivity index (χ1n) is 7.38. The molecule has 1 nitrogen and oxygen atoms in total. The van der Waals surface area contributed by atoms with Crippen LogP contribution in [0.15, 0.2) is 49.1 Å². The molecule has 0 bridgehead atoms. The Labute approximate surface area is 126 Å². The maximum atomic E-state index is 3.82. The molecule has 0 aromatic carbocycles. The highest BCUT2D eigenvalue weighted by Crippen LogP contribution is 2.51. The lowest BCUT2D eigenvalue weighted by Crippen LogP contribution is -2.56. The van der Waals surface area contributed by atoms with Gasteiger partial charge in [0.1, 0.15) is 0 Å². The molecule has 0 fully saturated rings. The maximum Gasteiger partial charge on any atom is 0.0181 e. The zero-order chi connectivity index (χ0) is 16.0. The largest absolute Gasteiger partial charge is 0.314 e. The average Bonchev–Trinajstić information content (AvgIpc) is 2.38. The highest BCUT2D eigenvalue weighted by molar-refractivity contribution is 5.31. The van der Waals surface area contributed by atoms with Crippen LogP contribution >= 0.6 is 0 Å². The summed E-state index contributed by atoms with van der Waals surface area (Å²) in [6.45, 7) is 21.4. The van der Waals surface area contributed by atoms with Crippen molar-refractivity contribution >= 4 is 0 Å². The highest BCUT2D eigenvalue weighted by Gasteiger charge is 2.48. The second-order valence-electron chi connectivity index (χ2n) is 6.90. The summed E-state index contributed by atoms with van der Waals surface area (Å²) < 4.78 is 0. The van der Waals surface area contributed by atoms with Gasteiger partial charge in [-0.3, -0.25) is 0 Å². The molecule has 0 amide bonds. The van der Waals surface area contributed by atoms with Crippen LogP contribution in [0.3, 0.4) is 0 Å². The van der Waals surface area contributed by atoms with Crippen molar-refractivity contribution < 1.29 is 0 Å². The Morgan fingerprint density at radius 2 is 1.60 bits per heavy atom. The Hall–Kier alpha value is -1.08. The molecule has 0 heterocycles. The van der Waals surface area contributed by atoms with Crippen molar-refractivity contribution in [2.75, 3.05) is 7.05 Å². The molecule has 0 aliphatic rings. The van der Waals surface area contributed by atoms with E-state index in [0.717, 1.165) is 6.42 Å². The minimum atomic E-state index is 0.0159. The molecule has 114 valence electrons. The van der Waals surface area contributed by atoms with Crippen molar-refractivity contribution in [1.29, 1.82) is 0 Å². The van der Waals surface area contributed by atoms with Crippen LogP contribution in [0.25, 0.3) is 0 Å². The first-order chi connectivity index (χ1) is 9.08. The van der Waals surface area contributed by atoms with Crippen LogP contribution in [0.4, 0.5) is 0 Å². The van der Waals surface area contributed by atoms with Gasteiger partial charge in [-0.05, 0) is 43.7 Å². The molecular weight excluding hydrogens is 242 g/mol. The topological polar surface area (TPSA) is 12.0 Å².